The highest BCUT2D eigenvalue weighted by Gasteiger charge is 2.52. The quantitative estimate of drug-likeness (QED) is 0.599. The van der Waals surface area contributed by atoms with Crippen LogP contribution in [0.15, 0.2) is 12.1 Å². The largest absolute Gasteiger partial charge is 0.514 e. The molecule has 0 N–H and O–H groups in total. The minimum Gasteiger partial charge on any atom is -0.398 e. The number of hydrogen-bond donors (Lipinski definition) is 0. The molecule has 0 bridgehead atoms. The molecule has 1 saturated heterocycles. The molecule has 0 amide bonds. The Morgan fingerprint density at radius 2 is 1.84 bits per heavy atom. The van der Waals surface area contributed by atoms with Gasteiger partial charge in [0.2, 0.25) is 0 Å². The molecule has 0 radical (unpaired) electrons. The number of rotatable bonds is 2. The maximum absolute atomic E-state index is 13.6. The lowest BCUT2D eigenvalue weighted by molar-refractivity contribution is 0.00578. The average molecular weight is 261 g/mol. The minimum absolute atomic E-state index is 0.282. The number of hydrogen-bond acceptors (Lipinski definition) is 3. The first-order valence-electron chi connectivity index (χ1n) is 6.21. The van der Waals surface area contributed by atoms with Gasteiger partial charge in [-0.15, -0.1) is 12.3 Å². The summed E-state index contributed by atoms with van der Waals surface area (Å²) >= 11 is 0. The Kier molecular flexibility index (Phi) is 3.42. The van der Waals surface area contributed by atoms with Crippen molar-refractivity contribution in [3.63, 3.8) is 0 Å². The van der Waals surface area contributed by atoms with Crippen LogP contribution >= 0.6 is 0 Å². The first-order chi connectivity index (χ1) is 8.75. The van der Waals surface area contributed by atoms with Crippen molar-refractivity contribution < 1.29 is 13.7 Å². The Morgan fingerprint density at radius 1 is 1.26 bits per heavy atom. The van der Waals surface area contributed by atoms with Crippen LogP contribution in [0.1, 0.15) is 33.4 Å². The van der Waals surface area contributed by atoms with Gasteiger partial charge in [-0.05, 0) is 39.8 Å². The maximum Gasteiger partial charge on any atom is 0.514 e. The second-order valence-electron chi connectivity index (χ2n) is 5.67. The van der Waals surface area contributed by atoms with Crippen molar-refractivity contribution in [3.8, 4) is 12.3 Å². The smallest absolute Gasteiger partial charge is 0.398 e. The van der Waals surface area contributed by atoms with Gasteiger partial charge >= 0.3 is 7.12 Å². The Labute approximate surface area is 113 Å². The molecule has 1 aliphatic rings. The van der Waals surface area contributed by atoms with Gasteiger partial charge in [0.15, 0.2) is 0 Å². The summed E-state index contributed by atoms with van der Waals surface area (Å²) in [5.41, 5.74) is -0.0216. The number of pyridine rings is 1. The summed E-state index contributed by atoms with van der Waals surface area (Å²) < 4.78 is 25.2. The van der Waals surface area contributed by atoms with E-state index in [2.05, 4.69) is 10.9 Å². The molecule has 1 aromatic heterocycles. The van der Waals surface area contributed by atoms with Gasteiger partial charge in [-0.25, -0.2) is 4.39 Å². The van der Waals surface area contributed by atoms with E-state index in [4.69, 9.17) is 15.7 Å². The summed E-state index contributed by atoms with van der Waals surface area (Å²) in [5.74, 6) is 2.07. The molecular weight excluding hydrogens is 244 g/mol. The summed E-state index contributed by atoms with van der Waals surface area (Å²) in [4.78, 5) is 4.30. The predicted molar refractivity (Wildman–Crippen MR) is 72.4 cm³/mol. The number of terminal acetylenes is 1. The molecule has 0 saturated carbocycles. The second kappa shape index (κ2) is 4.62. The normalized spacial score (nSPS) is 20.3. The third-order valence-corrected chi connectivity index (χ3v) is 3.64. The number of halogens is 1. The molecule has 1 aliphatic heterocycles. The van der Waals surface area contributed by atoms with E-state index in [0.717, 1.165) is 0 Å². The molecule has 5 heteroatoms. The van der Waals surface area contributed by atoms with E-state index >= 15 is 0 Å². The molecule has 0 aliphatic carbocycles. The van der Waals surface area contributed by atoms with Crippen molar-refractivity contribution in [3.05, 3.63) is 23.6 Å². The van der Waals surface area contributed by atoms with Crippen LogP contribution < -0.4 is 5.59 Å². The molecule has 0 unspecified atom stereocenters. The minimum atomic E-state index is -0.669. The van der Waals surface area contributed by atoms with E-state index in [0.29, 0.717) is 11.3 Å². The van der Waals surface area contributed by atoms with E-state index < -0.39 is 18.3 Å². The van der Waals surface area contributed by atoms with Crippen molar-refractivity contribution in [1.82, 2.24) is 4.98 Å². The van der Waals surface area contributed by atoms with E-state index in [9.17, 15) is 4.39 Å². The van der Waals surface area contributed by atoms with E-state index in [1.807, 2.05) is 27.7 Å². The highest BCUT2D eigenvalue weighted by atomic mass is 19.1. The molecule has 100 valence electrons. The second-order valence-corrected chi connectivity index (χ2v) is 5.67. The molecule has 1 aromatic rings. The maximum atomic E-state index is 13.6. The van der Waals surface area contributed by atoms with Gasteiger partial charge < -0.3 is 9.31 Å². The molecule has 0 atom stereocenters. The van der Waals surface area contributed by atoms with Crippen molar-refractivity contribution in [1.29, 1.82) is 0 Å². The molecule has 1 fully saturated rings. The van der Waals surface area contributed by atoms with Gasteiger partial charge in [0.05, 0.1) is 28.9 Å². The topological polar surface area (TPSA) is 31.4 Å². The van der Waals surface area contributed by atoms with E-state index in [-0.39, 0.29) is 12.2 Å². The molecule has 19 heavy (non-hydrogen) atoms. The average Bonchev–Trinajstić information content (AvgIpc) is 2.48. The molecule has 3 nitrogen and oxygen atoms in total. The lowest BCUT2D eigenvalue weighted by Crippen LogP contribution is -2.41. The van der Waals surface area contributed by atoms with Crippen LogP contribution in [0.4, 0.5) is 4.39 Å². The van der Waals surface area contributed by atoms with Gasteiger partial charge in [0.25, 0.3) is 0 Å². The van der Waals surface area contributed by atoms with Crippen molar-refractivity contribution in [2.45, 2.75) is 45.3 Å². The van der Waals surface area contributed by atoms with Crippen LogP contribution in [-0.2, 0) is 15.7 Å². The summed E-state index contributed by atoms with van der Waals surface area (Å²) in [6.07, 6.45) is 5.51. The van der Waals surface area contributed by atoms with Crippen LogP contribution in [-0.4, -0.2) is 23.3 Å². The Morgan fingerprint density at radius 3 is 2.37 bits per heavy atom. The highest BCUT2D eigenvalue weighted by molar-refractivity contribution is 6.61. The van der Waals surface area contributed by atoms with Crippen LogP contribution in [0, 0.1) is 18.2 Å². The first-order valence-corrected chi connectivity index (χ1v) is 6.21. The first kappa shape index (κ1) is 14.0. The lowest BCUT2D eigenvalue weighted by Gasteiger charge is -2.32. The van der Waals surface area contributed by atoms with E-state index in [1.54, 1.807) is 0 Å². The van der Waals surface area contributed by atoms with Crippen molar-refractivity contribution in [2.24, 2.45) is 0 Å². The fraction of sp³-hybridized carbons (Fsp3) is 0.500. The molecule has 2 rings (SSSR count). The Balaban J connectivity index is 2.32. The molecule has 0 aromatic carbocycles. The van der Waals surface area contributed by atoms with Gasteiger partial charge in [0, 0.05) is 0 Å². The van der Waals surface area contributed by atoms with Crippen LogP contribution in [0.3, 0.4) is 0 Å². The Hall–Kier alpha value is -1.38. The zero-order valence-corrected chi connectivity index (χ0v) is 11.7. The van der Waals surface area contributed by atoms with Crippen LogP contribution in [0.5, 0.6) is 0 Å². The summed E-state index contributed by atoms with van der Waals surface area (Å²) in [6.45, 7) is 7.76. The van der Waals surface area contributed by atoms with Gasteiger partial charge in [0.1, 0.15) is 5.82 Å². The van der Waals surface area contributed by atoms with Gasteiger partial charge in [-0.1, -0.05) is 0 Å². The summed E-state index contributed by atoms with van der Waals surface area (Å²) in [5, 5.41) is 0. The van der Waals surface area contributed by atoms with Crippen LogP contribution in [0.2, 0.25) is 0 Å². The summed E-state index contributed by atoms with van der Waals surface area (Å²) in [7, 11) is -0.669. The number of nitrogens with zero attached hydrogens (tertiary/aromatic N) is 1. The SMILES string of the molecule is C#CCc1cc(F)cc(B2OC(C)(C)C(C)(C)O2)n1. The van der Waals surface area contributed by atoms with Gasteiger partial charge in [-0.2, -0.15) is 0 Å². The third kappa shape index (κ3) is 2.65. The highest BCUT2D eigenvalue weighted by Crippen LogP contribution is 2.36. The summed E-state index contributed by atoms with van der Waals surface area (Å²) in [6, 6.07) is 2.65. The fourth-order valence-electron chi connectivity index (χ4n) is 1.85. The van der Waals surface area contributed by atoms with Crippen molar-refractivity contribution in [2.75, 3.05) is 0 Å². The molecular formula is C14H17BFNO2. The lowest BCUT2D eigenvalue weighted by atomic mass is 9.84. The zero-order chi connectivity index (χ0) is 14.3. The van der Waals surface area contributed by atoms with Gasteiger partial charge in [-0.3, -0.25) is 4.98 Å². The Bertz CT molecular complexity index is 521. The monoisotopic (exact) mass is 261 g/mol. The standard InChI is InChI=1S/C14H17BFNO2/c1-6-7-11-8-10(16)9-12(17-11)15-18-13(2,3)14(4,5)19-15/h1,8-9H,7H2,2-5H3. The molecule has 0 spiro atoms. The van der Waals surface area contributed by atoms with Crippen molar-refractivity contribution >= 4 is 12.7 Å². The molecule has 2 heterocycles. The van der Waals surface area contributed by atoms with E-state index in [1.165, 1.54) is 12.1 Å². The van der Waals surface area contributed by atoms with Crippen LogP contribution in [0.25, 0.3) is 0 Å². The zero-order valence-electron chi connectivity index (χ0n) is 11.7. The third-order valence-electron chi connectivity index (χ3n) is 3.64. The predicted octanol–water partition coefficient (Wildman–Crippen LogP) is 1.70. The number of aromatic nitrogens is 1. The fourth-order valence-corrected chi connectivity index (χ4v) is 1.85.